The standard InChI is InChI=1S/C20H21NO4S/c1-20(2,3)18(24)15-16(12-6-4-7-13(22)10-12)21(19(25)17(15)23)11-14-8-5-9-26-14/h4-10,16,22-23H,11H2,1-3H3. The summed E-state index contributed by atoms with van der Waals surface area (Å²) in [5.41, 5.74) is -0.0753. The lowest BCUT2D eigenvalue weighted by Crippen LogP contribution is -2.32. The summed E-state index contributed by atoms with van der Waals surface area (Å²) in [6.07, 6.45) is 0. The normalized spacial score (nSPS) is 17.9. The number of carbonyl (C=O) groups is 2. The maximum atomic E-state index is 13.0. The number of phenols is 1. The number of hydrogen-bond donors (Lipinski definition) is 2. The highest BCUT2D eigenvalue weighted by molar-refractivity contribution is 7.09. The van der Waals surface area contributed by atoms with Gasteiger partial charge in [0.2, 0.25) is 0 Å². The molecule has 26 heavy (non-hydrogen) atoms. The van der Waals surface area contributed by atoms with E-state index in [0.717, 1.165) is 4.88 Å². The van der Waals surface area contributed by atoms with E-state index in [-0.39, 0.29) is 23.7 Å². The number of amides is 1. The Bertz CT molecular complexity index is 877. The third-order valence-electron chi connectivity index (χ3n) is 4.32. The molecule has 0 aliphatic carbocycles. The summed E-state index contributed by atoms with van der Waals surface area (Å²) in [6, 6.07) is 9.51. The van der Waals surface area contributed by atoms with Crippen molar-refractivity contribution in [3.8, 4) is 5.75 Å². The van der Waals surface area contributed by atoms with Gasteiger partial charge in [-0.2, -0.15) is 0 Å². The van der Waals surface area contributed by atoms with Crippen molar-refractivity contribution in [2.45, 2.75) is 33.4 Å². The molecule has 1 amide bonds. The molecule has 0 saturated heterocycles. The first-order valence-electron chi connectivity index (χ1n) is 8.30. The zero-order valence-corrected chi connectivity index (χ0v) is 15.7. The molecule has 1 atom stereocenters. The number of aliphatic hydroxyl groups excluding tert-OH is 1. The molecule has 1 aliphatic heterocycles. The van der Waals surface area contributed by atoms with E-state index in [9.17, 15) is 19.8 Å². The second-order valence-electron chi connectivity index (χ2n) is 7.35. The first kappa shape index (κ1) is 18.2. The first-order valence-corrected chi connectivity index (χ1v) is 9.18. The lowest BCUT2D eigenvalue weighted by atomic mass is 9.82. The molecule has 0 bridgehead atoms. The fourth-order valence-electron chi connectivity index (χ4n) is 3.06. The van der Waals surface area contributed by atoms with E-state index in [4.69, 9.17) is 0 Å². The third-order valence-corrected chi connectivity index (χ3v) is 5.18. The molecule has 0 spiro atoms. The molecule has 2 N–H and O–H groups in total. The van der Waals surface area contributed by atoms with E-state index in [1.165, 1.54) is 28.4 Å². The summed E-state index contributed by atoms with van der Waals surface area (Å²) in [6.45, 7) is 5.53. The molecule has 2 aromatic rings. The molecule has 1 unspecified atom stereocenters. The van der Waals surface area contributed by atoms with Crippen LogP contribution in [0.1, 0.15) is 37.3 Å². The number of benzene rings is 1. The summed E-state index contributed by atoms with van der Waals surface area (Å²) in [5.74, 6) is -1.32. The van der Waals surface area contributed by atoms with Crippen LogP contribution in [-0.4, -0.2) is 26.8 Å². The van der Waals surface area contributed by atoms with Crippen LogP contribution < -0.4 is 0 Å². The van der Waals surface area contributed by atoms with Crippen LogP contribution in [0.15, 0.2) is 53.1 Å². The largest absolute Gasteiger partial charge is 0.508 e. The van der Waals surface area contributed by atoms with Gasteiger partial charge in [-0.3, -0.25) is 9.59 Å². The topological polar surface area (TPSA) is 77.8 Å². The Kier molecular flexibility index (Phi) is 4.63. The summed E-state index contributed by atoms with van der Waals surface area (Å²) < 4.78 is 0. The van der Waals surface area contributed by atoms with Crippen LogP contribution in [0, 0.1) is 5.41 Å². The zero-order valence-electron chi connectivity index (χ0n) is 14.9. The van der Waals surface area contributed by atoms with E-state index in [1.807, 2.05) is 17.5 Å². The molecule has 0 radical (unpaired) electrons. The van der Waals surface area contributed by atoms with Crippen molar-refractivity contribution in [3.63, 3.8) is 0 Å². The molecule has 136 valence electrons. The number of thiophene rings is 1. The van der Waals surface area contributed by atoms with Gasteiger partial charge in [0, 0.05) is 10.3 Å². The van der Waals surface area contributed by atoms with Gasteiger partial charge in [0.05, 0.1) is 18.2 Å². The number of Topliss-reactive ketones (excluding diaryl/α,β-unsaturated/α-hetero) is 1. The Hall–Kier alpha value is -2.60. The SMILES string of the molecule is CC(C)(C)C(=O)C1=C(O)C(=O)N(Cc2cccs2)C1c1cccc(O)c1. The Morgan fingerprint density at radius 3 is 2.50 bits per heavy atom. The van der Waals surface area contributed by atoms with Gasteiger partial charge in [0.15, 0.2) is 11.5 Å². The predicted octanol–water partition coefficient (Wildman–Crippen LogP) is 3.96. The Morgan fingerprint density at radius 1 is 1.19 bits per heavy atom. The minimum Gasteiger partial charge on any atom is -0.508 e. The number of rotatable bonds is 4. The fourth-order valence-corrected chi connectivity index (χ4v) is 3.77. The van der Waals surface area contributed by atoms with E-state index >= 15 is 0 Å². The Balaban J connectivity index is 2.11. The average Bonchev–Trinajstić information content (AvgIpc) is 3.16. The molecular weight excluding hydrogens is 350 g/mol. The molecule has 1 aliphatic rings. The molecule has 0 saturated carbocycles. The quantitative estimate of drug-likeness (QED) is 0.853. The van der Waals surface area contributed by atoms with Crippen molar-refractivity contribution in [3.05, 3.63) is 63.6 Å². The van der Waals surface area contributed by atoms with Crippen molar-refractivity contribution < 1.29 is 19.8 Å². The molecular formula is C20H21NO4S. The van der Waals surface area contributed by atoms with Crippen LogP contribution in [0.25, 0.3) is 0 Å². The molecule has 0 fully saturated rings. The van der Waals surface area contributed by atoms with Crippen LogP contribution in [-0.2, 0) is 16.1 Å². The number of ketones is 1. The van der Waals surface area contributed by atoms with Crippen LogP contribution in [0.5, 0.6) is 5.75 Å². The highest BCUT2D eigenvalue weighted by atomic mass is 32.1. The second-order valence-corrected chi connectivity index (χ2v) is 8.38. The minimum absolute atomic E-state index is 0.0416. The van der Waals surface area contributed by atoms with Gasteiger partial charge in [-0.1, -0.05) is 39.0 Å². The van der Waals surface area contributed by atoms with Gasteiger partial charge in [-0.15, -0.1) is 11.3 Å². The van der Waals surface area contributed by atoms with E-state index in [1.54, 1.807) is 32.9 Å². The van der Waals surface area contributed by atoms with Crippen LogP contribution in [0.4, 0.5) is 0 Å². The van der Waals surface area contributed by atoms with Crippen LogP contribution >= 0.6 is 11.3 Å². The van der Waals surface area contributed by atoms with Crippen molar-refractivity contribution in [1.82, 2.24) is 4.90 Å². The first-order chi connectivity index (χ1) is 12.2. The monoisotopic (exact) mass is 371 g/mol. The number of aliphatic hydroxyl groups is 1. The molecule has 5 nitrogen and oxygen atoms in total. The number of carbonyl (C=O) groups excluding carboxylic acids is 2. The summed E-state index contributed by atoms with van der Waals surface area (Å²) in [5, 5.41) is 22.3. The van der Waals surface area contributed by atoms with E-state index in [0.29, 0.717) is 5.56 Å². The molecule has 2 heterocycles. The maximum Gasteiger partial charge on any atom is 0.290 e. The molecule has 1 aromatic carbocycles. The van der Waals surface area contributed by atoms with Crippen LogP contribution in [0.2, 0.25) is 0 Å². The van der Waals surface area contributed by atoms with E-state index < -0.39 is 23.1 Å². The molecule has 6 heteroatoms. The Labute approximate surface area is 156 Å². The highest BCUT2D eigenvalue weighted by Gasteiger charge is 2.46. The van der Waals surface area contributed by atoms with Gasteiger partial charge < -0.3 is 15.1 Å². The Morgan fingerprint density at radius 2 is 1.92 bits per heavy atom. The molecule has 1 aromatic heterocycles. The summed E-state index contributed by atoms with van der Waals surface area (Å²) in [4.78, 5) is 28.2. The fraction of sp³-hybridized carbons (Fsp3) is 0.300. The average molecular weight is 371 g/mol. The number of aromatic hydroxyl groups is 1. The maximum absolute atomic E-state index is 13.0. The summed E-state index contributed by atoms with van der Waals surface area (Å²) >= 11 is 1.50. The van der Waals surface area contributed by atoms with Gasteiger partial charge in [0.1, 0.15) is 5.75 Å². The van der Waals surface area contributed by atoms with Crippen molar-refractivity contribution in [2.24, 2.45) is 5.41 Å². The lowest BCUT2D eigenvalue weighted by Gasteiger charge is -2.28. The van der Waals surface area contributed by atoms with E-state index in [2.05, 4.69) is 0 Å². The zero-order chi connectivity index (χ0) is 19.1. The van der Waals surface area contributed by atoms with Gasteiger partial charge in [-0.05, 0) is 29.1 Å². The lowest BCUT2D eigenvalue weighted by molar-refractivity contribution is -0.130. The predicted molar refractivity (Wildman–Crippen MR) is 99.8 cm³/mol. The smallest absolute Gasteiger partial charge is 0.290 e. The van der Waals surface area contributed by atoms with Gasteiger partial charge in [-0.25, -0.2) is 0 Å². The van der Waals surface area contributed by atoms with Gasteiger partial charge in [0.25, 0.3) is 5.91 Å². The van der Waals surface area contributed by atoms with Crippen molar-refractivity contribution in [1.29, 1.82) is 0 Å². The van der Waals surface area contributed by atoms with Crippen molar-refractivity contribution in [2.75, 3.05) is 0 Å². The highest BCUT2D eigenvalue weighted by Crippen LogP contribution is 2.42. The molecule has 3 rings (SSSR count). The number of nitrogens with zero attached hydrogens (tertiary/aromatic N) is 1. The van der Waals surface area contributed by atoms with Crippen LogP contribution in [0.3, 0.4) is 0 Å². The summed E-state index contributed by atoms with van der Waals surface area (Å²) in [7, 11) is 0. The third kappa shape index (κ3) is 3.24. The minimum atomic E-state index is -0.752. The number of phenolic OH excluding ortho intramolecular Hbond substituents is 1. The number of hydrogen-bond acceptors (Lipinski definition) is 5. The van der Waals surface area contributed by atoms with Gasteiger partial charge >= 0.3 is 0 Å². The second kappa shape index (κ2) is 6.61. The van der Waals surface area contributed by atoms with Crippen molar-refractivity contribution >= 4 is 23.0 Å².